The number of allylic oxidation sites excluding steroid dienone is 2. The number of hydrogen-bond acceptors (Lipinski definition) is 7. The highest BCUT2D eigenvalue weighted by Crippen LogP contribution is 2.36. The van der Waals surface area contributed by atoms with E-state index in [2.05, 4.69) is 16.7 Å². The average Bonchev–Trinajstić information content (AvgIpc) is 3.32. The van der Waals surface area contributed by atoms with Gasteiger partial charge in [-0.3, -0.25) is 9.79 Å². The van der Waals surface area contributed by atoms with E-state index in [0.717, 1.165) is 28.4 Å². The summed E-state index contributed by atoms with van der Waals surface area (Å²) in [7, 11) is -1.64. The number of carbonyl (C=O) groups excluding carboxylic acids is 1. The maximum absolute atomic E-state index is 13.6. The first-order chi connectivity index (χ1) is 20.4. The van der Waals surface area contributed by atoms with Gasteiger partial charge in [0.25, 0.3) is 0 Å². The molecule has 13 heteroatoms. The Balaban J connectivity index is 1.61. The largest absolute Gasteiger partial charge is 0.497 e. The molecule has 4 rings (SSSR count). The molecule has 1 aromatic rings. The van der Waals surface area contributed by atoms with Crippen molar-refractivity contribution in [2.24, 2.45) is 16.8 Å². The Morgan fingerprint density at radius 3 is 2.63 bits per heavy atom. The first kappa shape index (κ1) is 33.2. The van der Waals surface area contributed by atoms with Crippen molar-refractivity contribution < 1.29 is 36.2 Å². The number of nitrogens with one attached hydrogen (secondary N) is 2. The van der Waals surface area contributed by atoms with Gasteiger partial charge in [-0.2, -0.15) is 17.5 Å². The molecule has 238 valence electrons. The molecule has 0 saturated heterocycles. The molecule has 6 atom stereocenters. The van der Waals surface area contributed by atoms with Gasteiger partial charge in [0.2, 0.25) is 15.9 Å². The van der Waals surface area contributed by atoms with Gasteiger partial charge in [0.15, 0.2) is 0 Å². The van der Waals surface area contributed by atoms with Gasteiger partial charge in [-0.15, -0.1) is 0 Å². The lowest BCUT2D eigenvalue weighted by Crippen LogP contribution is -2.54. The number of carbonyl (C=O) groups is 1. The van der Waals surface area contributed by atoms with E-state index >= 15 is 0 Å². The van der Waals surface area contributed by atoms with Crippen molar-refractivity contribution in [2.75, 3.05) is 33.0 Å². The summed E-state index contributed by atoms with van der Waals surface area (Å²) in [5, 5.41) is 17.7. The van der Waals surface area contributed by atoms with Gasteiger partial charge >= 0.3 is 6.18 Å². The number of rotatable bonds is 7. The Labute approximate surface area is 251 Å². The molecule has 3 aliphatic rings. The molecule has 2 bridgehead atoms. The van der Waals surface area contributed by atoms with Gasteiger partial charge < -0.3 is 20.5 Å². The van der Waals surface area contributed by atoms with Gasteiger partial charge in [0.1, 0.15) is 11.8 Å². The topological polar surface area (TPSA) is 120 Å². The highest BCUT2D eigenvalue weighted by atomic mass is 32.2. The molecule has 2 aliphatic carbocycles. The first-order valence-corrected chi connectivity index (χ1v) is 16.2. The summed E-state index contributed by atoms with van der Waals surface area (Å²) in [6.45, 7) is 0.612. The van der Waals surface area contributed by atoms with Gasteiger partial charge in [-0.1, -0.05) is 42.8 Å². The predicted octanol–water partition coefficient (Wildman–Crippen LogP) is 2.98. The lowest BCUT2D eigenvalue weighted by Gasteiger charge is -2.31. The van der Waals surface area contributed by atoms with Crippen LogP contribution in [0, 0.1) is 11.8 Å². The number of aliphatic hydroxyl groups excluding tert-OH is 1. The summed E-state index contributed by atoms with van der Waals surface area (Å²) in [5.74, 6) is -0.901. The second-order valence-electron chi connectivity index (χ2n) is 11.4. The number of likely N-dealkylation sites (N-methyl/N-ethyl adjacent to an activating group) is 1. The molecule has 1 fully saturated rings. The van der Waals surface area contributed by atoms with Crippen LogP contribution in [0.4, 0.5) is 13.2 Å². The van der Waals surface area contributed by atoms with E-state index in [-0.39, 0.29) is 37.3 Å². The Morgan fingerprint density at radius 2 is 1.93 bits per heavy atom. The summed E-state index contributed by atoms with van der Waals surface area (Å²) < 4.78 is 70.6. The number of nitrogens with zero attached hydrogens (tertiary/aromatic N) is 2. The van der Waals surface area contributed by atoms with Crippen LogP contribution < -0.4 is 10.6 Å². The molecule has 2 unspecified atom stereocenters. The molecule has 1 amide bonds. The number of ether oxygens (including phenoxy) is 1. The minimum Gasteiger partial charge on any atom is -0.497 e. The van der Waals surface area contributed by atoms with E-state index in [1.54, 1.807) is 7.11 Å². The third-order valence-electron chi connectivity index (χ3n) is 8.46. The molecule has 9 nitrogen and oxygen atoms in total. The molecule has 0 aromatic heterocycles. The fourth-order valence-electron chi connectivity index (χ4n) is 5.96. The number of benzene rings is 1. The smallest absolute Gasteiger partial charge is 0.390 e. The molecule has 0 radical (unpaired) electrons. The van der Waals surface area contributed by atoms with Crippen molar-refractivity contribution in [1.82, 2.24) is 14.9 Å². The quantitative estimate of drug-likeness (QED) is 0.428. The third kappa shape index (κ3) is 8.90. The number of sulfonamides is 1. The van der Waals surface area contributed by atoms with Crippen LogP contribution in [0.2, 0.25) is 0 Å². The highest BCUT2D eigenvalue weighted by Gasteiger charge is 2.41. The SMILES string of the molecule is COC1=CC2C3=NC[C@@H](O)[C@H](Cc4ccccc4)NC(=O)[C@@H](N(C)S(=O)(=O)CCC(F)(F)F)CCCCN[C@H](C3)C2C=C1. The van der Waals surface area contributed by atoms with Gasteiger partial charge in [-0.25, -0.2) is 8.42 Å². The second-order valence-corrected chi connectivity index (χ2v) is 13.6. The molecular weight excluding hydrogens is 585 g/mol. The van der Waals surface area contributed by atoms with Crippen LogP contribution in [-0.2, 0) is 26.0 Å². The van der Waals surface area contributed by atoms with Crippen LogP contribution in [0.3, 0.4) is 0 Å². The monoisotopic (exact) mass is 626 g/mol. The van der Waals surface area contributed by atoms with Crippen LogP contribution in [0.15, 0.2) is 59.3 Å². The van der Waals surface area contributed by atoms with E-state index < -0.39 is 52.5 Å². The van der Waals surface area contributed by atoms with Crippen molar-refractivity contribution in [2.45, 2.75) is 68.9 Å². The minimum absolute atomic E-state index is 0.00725. The van der Waals surface area contributed by atoms with Crippen molar-refractivity contribution in [3.05, 3.63) is 59.9 Å². The maximum atomic E-state index is 13.6. The van der Waals surface area contributed by atoms with Crippen molar-refractivity contribution >= 4 is 21.6 Å². The zero-order valence-electron chi connectivity index (χ0n) is 24.5. The van der Waals surface area contributed by atoms with Gasteiger partial charge in [0.05, 0.1) is 38.0 Å². The Bertz CT molecular complexity index is 1300. The molecule has 1 saturated carbocycles. The number of methoxy groups -OCH3 is 1. The average molecular weight is 627 g/mol. The van der Waals surface area contributed by atoms with E-state index in [0.29, 0.717) is 25.8 Å². The van der Waals surface area contributed by atoms with Crippen molar-refractivity contribution in [3.63, 3.8) is 0 Å². The van der Waals surface area contributed by atoms with Crippen LogP contribution in [0.1, 0.15) is 37.7 Å². The zero-order chi connectivity index (χ0) is 31.2. The van der Waals surface area contributed by atoms with Crippen molar-refractivity contribution in [3.8, 4) is 0 Å². The number of hydrogen-bond donors (Lipinski definition) is 3. The molecule has 1 aliphatic heterocycles. The van der Waals surface area contributed by atoms with Crippen LogP contribution in [0.25, 0.3) is 0 Å². The zero-order valence-corrected chi connectivity index (χ0v) is 25.3. The molecule has 43 heavy (non-hydrogen) atoms. The summed E-state index contributed by atoms with van der Waals surface area (Å²) in [4.78, 5) is 18.5. The van der Waals surface area contributed by atoms with E-state index in [4.69, 9.17) is 9.73 Å². The lowest BCUT2D eigenvalue weighted by molar-refractivity contribution is -0.130. The minimum atomic E-state index is -4.65. The second kappa shape index (κ2) is 14.4. The summed E-state index contributed by atoms with van der Waals surface area (Å²) in [5.41, 5.74) is 1.77. The molecule has 1 heterocycles. The third-order valence-corrected chi connectivity index (χ3v) is 10.3. The Hall–Kier alpha value is -2.74. The molecule has 1 aromatic carbocycles. The standard InChI is InChI=1S/C30H41F3N4O5S/c1-37(43(40,41)15-13-30(31,32)33)27-10-6-7-14-34-24-18-25(23-17-21(42-2)11-12-22(23)24)35-19-28(38)26(36-29(27)39)16-20-8-4-3-5-9-20/h3-5,8-9,11-12,17,22-24,26-28,34,38H,6-7,10,13-16,18-19H2,1-2H3,(H,36,39)/t22?,23?,24-,26+,27+,28-/m1/s1. The van der Waals surface area contributed by atoms with Gasteiger partial charge in [0, 0.05) is 37.1 Å². The van der Waals surface area contributed by atoms with Crippen LogP contribution >= 0.6 is 0 Å². The van der Waals surface area contributed by atoms with E-state index in [9.17, 15) is 31.5 Å². The lowest BCUT2D eigenvalue weighted by atomic mass is 9.88. The number of fused-ring (bicyclic) bond motifs is 5. The Morgan fingerprint density at radius 1 is 1.19 bits per heavy atom. The summed E-state index contributed by atoms with van der Waals surface area (Å²) in [6, 6.07) is 7.27. The summed E-state index contributed by atoms with van der Waals surface area (Å²) >= 11 is 0. The fraction of sp³-hybridized carbons (Fsp3) is 0.600. The molecular formula is C30H41F3N4O5S. The summed E-state index contributed by atoms with van der Waals surface area (Å²) in [6.07, 6.45) is 0.961. The van der Waals surface area contributed by atoms with Crippen LogP contribution in [0.5, 0.6) is 0 Å². The predicted molar refractivity (Wildman–Crippen MR) is 158 cm³/mol. The number of halogens is 3. The molecule has 3 N–H and O–H groups in total. The van der Waals surface area contributed by atoms with Gasteiger partial charge in [-0.05, 0) is 43.5 Å². The van der Waals surface area contributed by atoms with E-state index in [1.807, 2.05) is 42.5 Å². The van der Waals surface area contributed by atoms with E-state index in [1.165, 1.54) is 0 Å². The fourth-order valence-corrected chi connectivity index (χ4v) is 7.33. The number of alkyl halides is 3. The number of amides is 1. The normalized spacial score (nSPS) is 29.1. The van der Waals surface area contributed by atoms with Crippen molar-refractivity contribution in [1.29, 1.82) is 0 Å². The maximum Gasteiger partial charge on any atom is 0.390 e. The number of aliphatic imine (C=N–C) groups is 1. The number of aliphatic hydroxyl groups is 1. The Kier molecular flexibility index (Phi) is 11.1. The highest BCUT2D eigenvalue weighted by molar-refractivity contribution is 7.89. The van der Waals surface area contributed by atoms with Crippen LogP contribution in [-0.4, -0.2) is 92.9 Å². The first-order valence-electron chi connectivity index (χ1n) is 14.6. The molecule has 0 spiro atoms.